The summed E-state index contributed by atoms with van der Waals surface area (Å²) in [5.41, 5.74) is 23.1. The van der Waals surface area contributed by atoms with Crippen LogP contribution in [0.4, 0.5) is 0 Å². The highest BCUT2D eigenvalue weighted by molar-refractivity contribution is 5.98. The van der Waals surface area contributed by atoms with Crippen LogP contribution in [0.3, 0.4) is 0 Å². The van der Waals surface area contributed by atoms with Crippen LogP contribution in [0.25, 0.3) is 0 Å². The number of amides is 11. The van der Waals surface area contributed by atoms with Gasteiger partial charge < -0.3 is 96.7 Å². The number of rotatable bonds is 26. The number of aliphatic hydroxyl groups is 3. The van der Waals surface area contributed by atoms with E-state index in [-0.39, 0.29) is 70.6 Å². The molecular weight excluding hydrogens is 999 g/mol. The van der Waals surface area contributed by atoms with Crippen LogP contribution in [0, 0.1) is 5.92 Å². The Labute approximate surface area is 443 Å². The molecule has 1 aliphatic rings. The van der Waals surface area contributed by atoms with Crippen molar-refractivity contribution in [2.75, 3.05) is 45.9 Å². The minimum atomic E-state index is -1.75. The molecule has 0 aromatic rings. The van der Waals surface area contributed by atoms with Gasteiger partial charge in [0.15, 0.2) is 0 Å². The van der Waals surface area contributed by atoms with Crippen molar-refractivity contribution < 1.29 is 68.1 Å². The van der Waals surface area contributed by atoms with Crippen molar-refractivity contribution in [2.24, 2.45) is 28.9 Å². The molecule has 76 heavy (non-hydrogen) atoms. The number of hydrogen-bond acceptors (Lipinski definition) is 18. The van der Waals surface area contributed by atoms with Crippen LogP contribution in [0.2, 0.25) is 0 Å². The van der Waals surface area contributed by atoms with E-state index < -0.39 is 158 Å². The molecule has 11 atom stereocenters. The summed E-state index contributed by atoms with van der Waals surface area (Å²) in [5.74, 6) is -10.3. The summed E-state index contributed by atoms with van der Waals surface area (Å²) in [7, 11) is 0. The van der Waals surface area contributed by atoms with E-state index in [0.717, 1.165) is 32.6 Å². The lowest BCUT2D eigenvalue weighted by atomic mass is 10.0. The Bertz CT molecular complexity index is 1910. The number of hydrogen-bond donors (Lipinski definition) is 18. The topological polar surface area (TPSA) is 485 Å². The fraction of sp³-hybridized carbons (Fsp3) is 0.766. The zero-order valence-corrected chi connectivity index (χ0v) is 44.5. The third kappa shape index (κ3) is 25.2. The Morgan fingerprint density at radius 2 is 1.16 bits per heavy atom. The molecule has 11 amide bonds. The smallest absolute Gasteiger partial charge is 0.245 e. The number of carbonyl (C=O) groups is 11. The molecule has 1 heterocycles. The summed E-state index contributed by atoms with van der Waals surface area (Å²) in [5, 5.41) is 57.9. The fourth-order valence-electron chi connectivity index (χ4n) is 7.72. The standard InChI is InChI=1S/C47H87N15O14/c1-6-7-8-9-10-11-35(66)55-34(24-63)45(74)62-38(27(5)65)47(76)60-30(14-19-50)41(70)59-32-16-21-52-46(75)37(26(4)64)61-43(72)31(15-20-51)57-40(69)29(13-18-49)58-44(73)33(22-25(2)3)54-36(67)23-53-39(68)28(12-17-48)56-42(32)71/h25-34,37-38,63-65H,6-24,48-51H2,1-5H3,(H,52,75)(H,53,68)(H,54,67)(H,55,66)(H,56,71)(H,57,69)(H,58,73)(H,59,70)(H,60,76)(H,61,72)(H,62,74)/t26-,27-,28+,29+,30+,31+,32+,33+,34+,37+,38+/m1/s1. The number of carbonyl (C=O) groups excluding carboxylic acids is 11. The average Bonchev–Trinajstić information content (AvgIpc) is 3.35. The molecule has 29 nitrogen and oxygen atoms in total. The van der Waals surface area contributed by atoms with Crippen molar-refractivity contribution in [3.05, 3.63) is 0 Å². The normalized spacial score (nSPS) is 22.8. The Balaban J connectivity index is 3.64. The van der Waals surface area contributed by atoms with Crippen LogP contribution < -0.4 is 81.4 Å². The molecule has 0 radical (unpaired) electrons. The highest BCUT2D eigenvalue weighted by atomic mass is 16.3. The van der Waals surface area contributed by atoms with E-state index in [4.69, 9.17) is 22.9 Å². The van der Waals surface area contributed by atoms with Gasteiger partial charge in [-0.1, -0.05) is 46.5 Å². The molecule has 0 saturated carbocycles. The molecule has 0 aromatic heterocycles. The third-order valence-electron chi connectivity index (χ3n) is 12.0. The highest BCUT2D eigenvalue weighted by Gasteiger charge is 2.36. The molecule has 29 heteroatoms. The lowest BCUT2D eigenvalue weighted by Crippen LogP contribution is -2.62. The van der Waals surface area contributed by atoms with Gasteiger partial charge in [0.05, 0.1) is 25.4 Å². The number of unbranched alkanes of at least 4 members (excludes halogenated alkanes) is 4. The summed E-state index contributed by atoms with van der Waals surface area (Å²) in [4.78, 5) is 149. The van der Waals surface area contributed by atoms with Crippen molar-refractivity contribution in [1.82, 2.24) is 58.5 Å². The Hall–Kier alpha value is -6.11. The van der Waals surface area contributed by atoms with Crippen LogP contribution in [0.1, 0.15) is 112 Å². The number of nitrogens with two attached hydrogens (primary N) is 4. The zero-order valence-electron chi connectivity index (χ0n) is 44.5. The second-order valence-electron chi connectivity index (χ2n) is 19.1. The van der Waals surface area contributed by atoms with Gasteiger partial charge in [-0.2, -0.15) is 0 Å². The molecule has 0 aromatic carbocycles. The minimum Gasteiger partial charge on any atom is -0.394 e. The molecule has 1 aliphatic heterocycles. The maximum Gasteiger partial charge on any atom is 0.245 e. The largest absolute Gasteiger partial charge is 0.394 e. The van der Waals surface area contributed by atoms with E-state index in [1.54, 1.807) is 13.8 Å². The first-order chi connectivity index (χ1) is 36.0. The molecule has 1 rings (SSSR count). The van der Waals surface area contributed by atoms with E-state index in [1.165, 1.54) is 6.92 Å². The maximum absolute atomic E-state index is 14.1. The molecule has 22 N–H and O–H groups in total. The van der Waals surface area contributed by atoms with Crippen LogP contribution in [0.5, 0.6) is 0 Å². The zero-order chi connectivity index (χ0) is 57.5. The van der Waals surface area contributed by atoms with Gasteiger partial charge in [-0.3, -0.25) is 52.7 Å². The van der Waals surface area contributed by atoms with Gasteiger partial charge in [0.2, 0.25) is 65.0 Å². The van der Waals surface area contributed by atoms with Crippen molar-refractivity contribution in [3.8, 4) is 0 Å². The lowest BCUT2D eigenvalue weighted by molar-refractivity contribution is -0.137. The van der Waals surface area contributed by atoms with E-state index >= 15 is 0 Å². The molecule has 0 unspecified atom stereocenters. The van der Waals surface area contributed by atoms with Gasteiger partial charge in [0.1, 0.15) is 54.4 Å². The molecule has 434 valence electrons. The van der Waals surface area contributed by atoms with Crippen molar-refractivity contribution >= 4 is 65.0 Å². The van der Waals surface area contributed by atoms with Crippen LogP contribution in [-0.2, 0) is 52.7 Å². The van der Waals surface area contributed by atoms with E-state index in [2.05, 4.69) is 58.5 Å². The minimum absolute atomic E-state index is 0.0707. The number of nitrogens with one attached hydrogen (secondary N) is 11. The summed E-state index contributed by atoms with van der Waals surface area (Å²) in [6, 6.07) is -13.6. The fourth-order valence-corrected chi connectivity index (χ4v) is 7.72. The molecular formula is C47H87N15O14. The van der Waals surface area contributed by atoms with E-state index in [9.17, 15) is 68.1 Å². The maximum atomic E-state index is 14.1. The van der Waals surface area contributed by atoms with Gasteiger partial charge in [-0.15, -0.1) is 0 Å². The Morgan fingerprint density at radius 3 is 1.68 bits per heavy atom. The van der Waals surface area contributed by atoms with Gasteiger partial charge in [0.25, 0.3) is 0 Å². The summed E-state index contributed by atoms with van der Waals surface area (Å²) in [6.07, 6.45) is -0.0273. The Morgan fingerprint density at radius 1 is 0.605 bits per heavy atom. The monoisotopic (exact) mass is 1090 g/mol. The predicted octanol–water partition coefficient (Wildman–Crippen LogP) is -7.46. The first-order valence-corrected chi connectivity index (χ1v) is 26.0. The van der Waals surface area contributed by atoms with Crippen LogP contribution >= 0.6 is 0 Å². The summed E-state index contributed by atoms with van der Waals surface area (Å²) in [6.45, 7) is 5.24. The Kier molecular flexibility index (Phi) is 32.9. The van der Waals surface area contributed by atoms with Crippen molar-refractivity contribution in [3.63, 3.8) is 0 Å². The lowest BCUT2D eigenvalue weighted by Gasteiger charge is -2.28. The molecule has 1 fully saturated rings. The average molecular weight is 1090 g/mol. The van der Waals surface area contributed by atoms with E-state index in [1.807, 2.05) is 6.92 Å². The second-order valence-corrected chi connectivity index (χ2v) is 19.1. The van der Waals surface area contributed by atoms with Gasteiger partial charge in [-0.05, 0) is 90.9 Å². The van der Waals surface area contributed by atoms with Gasteiger partial charge >= 0.3 is 0 Å². The number of aliphatic hydroxyl groups excluding tert-OH is 3. The molecule has 1 saturated heterocycles. The second kappa shape index (κ2) is 36.8. The summed E-state index contributed by atoms with van der Waals surface area (Å²) < 4.78 is 0. The first-order valence-electron chi connectivity index (χ1n) is 26.0. The van der Waals surface area contributed by atoms with Gasteiger partial charge in [0, 0.05) is 13.0 Å². The quantitative estimate of drug-likeness (QED) is 0.0358. The van der Waals surface area contributed by atoms with Crippen molar-refractivity contribution in [2.45, 2.75) is 178 Å². The molecule has 0 spiro atoms. The van der Waals surface area contributed by atoms with E-state index in [0.29, 0.717) is 6.42 Å². The third-order valence-corrected chi connectivity index (χ3v) is 12.0. The molecule has 0 bridgehead atoms. The predicted molar refractivity (Wildman–Crippen MR) is 276 cm³/mol. The van der Waals surface area contributed by atoms with Crippen molar-refractivity contribution in [1.29, 1.82) is 0 Å². The SMILES string of the molecule is CCCCCCCC(=O)N[C@@H](CO)C(=O)N[C@H](C(=O)N[C@@H](CCN)C(=O)N[C@H]1CCNC(=O)[C@H]([C@@H](C)O)NC(=O)[C@H](CCN)NC(=O)[C@H](CCN)NC(=O)[C@H](CC(C)C)NC(=O)CNC(=O)[C@H](CCN)NC1=O)[C@@H](C)O. The molecule has 0 aliphatic carbocycles. The highest BCUT2D eigenvalue weighted by Crippen LogP contribution is 2.09. The van der Waals surface area contributed by atoms with Crippen LogP contribution in [0.15, 0.2) is 0 Å². The summed E-state index contributed by atoms with van der Waals surface area (Å²) >= 11 is 0. The first kappa shape index (κ1) is 67.9. The van der Waals surface area contributed by atoms with Gasteiger partial charge in [-0.25, -0.2) is 0 Å². The van der Waals surface area contributed by atoms with Crippen LogP contribution in [-0.4, -0.2) is 193 Å².